The van der Waals surface area contributed by atoms with E-state index < -0.39 is 17.7 Å². The van der Waals surface area contributed by atoms with E-state index in [0.29, 0.717) is 58.0 Å². The second kappa shape index (κ2) is 12.4. The lowest BCUT2D eigenvalue weighted by Gasteiger charge is -2.24. The van der Waals surface area contributed by atoms with Crippen molar-refractivity contribution in [1.29, 1.82) is 0 Å². The van der Waals surface area contributed by atoms with E-state index in [-0.39, 0.29) is 17.9 Å². The summed E-state index contributed by atoms with van der Waals surface area (Å²) in [6.45, 7) is 8.52. The van der Waals surface area contributed by atoms with Gasteiger partial charge in [0.2, 0.25) is 0 Å². The van der Waals surface area contributed by atoms with Gasteiger partial charge in [0.05, 0.1) is 42.2 Å². The molecular formula is C32H30N2O7S. The number of thiazole rings is 1. The number of benzene rings is 3. The van der Waals surface area contributed by atoms with Crippen LogP contribution in [0.1, 0.15) is 31.0 Å². The Bertz CT molecular complexity index is 1680. The molecule has 216 valence electrons. The molecule has 0 bridgehead atoms. The number of aliphatic hydroxyl groups excluding tert-OH is 1. The van der Waals surface area contributed by atoms with Crippen molar-refractivity contribution in [2.45, 2.75) is 19.9 Å². The number of carbonyl (C=O) groups excluding carboxylic acids is 2. The highest BCUT2D eigenvalue weighted by Crippen LogP contribution is 2.46. The number of aliphatic hydroxyl groups is 1. The quantitative estimate of drug-likeness (QED) is 0.0945. The number of anilines is 1. The van der Waals surface area contributed by atoms with E-state index in [1.165, 1.54) is 16.2 Å². The lowest BCUT2D eigenvalue weighted by atomic mass is 9.95. The van der Waals surface area contributed by atoms with Crippen molar-refractivity contribution in [2.24, 2.45) is 0 Å². The molecule has 3 aromatic carbocycles. The van der Waals surface area contributed by atoms with Gasteiger partial charge in [0.25, 0.3) is 5.78 Å². The van der Waals surface area contributed by atoms with Crippen LogP contribution in [0, 0.1) is 0 Å². The molecule has 42 heavy (non-hydrogen) atoms. The number of carbonyl (C=O) groups is 2. The summed E-state index contributed by atoms with van der Waals surface area (Å²) < 4.78 is 23.3. The molecule has 1 fully saturated rings. The highest BCUT2D eigenvalue weighted by atomic mass is 32.1. The summed E-state index contributed by atoms with van der Waals surface area (Å²) in [4.78, 5) is 33.3. The van der Waals surface area contributed by atoms with Gasteiger partial charge in [-0.2, -0.15) is 0 Å². The normalized spacial score (nSPS) is 16.1. The average molecular weight is 587 g/mol. The Morgan fingerprint density at radius 3 is 2.40 bits per heavy atom. The number of aromatic nitrogens is 1. The number of amides is 1. The standard InChI is InChI=1S/C32H30N2O7S/c1-5-16-41-24-15-10-20(17-25(24)40-7-3)28-27(29(35)19-8-11-21(12-9-19)39-6-2)30(36)31(37)34(28)32-33-23-14-13-22(38-4)18-26(23)42-32/h5,8-15,17-18,28,35H,1,6-7,16H2,2-4H3. The van der Waals surface area contributed by atoms with Gasteiger partial charge >= 0.3 is 5.91 Å². The molecule has 1 aliphatic heterocycles. The first-order valence-electron chi connectivity index (χ1n) is 13.4. The zero-order valence-corrected chi connectivity index (χ0v) is 24.3. The predicted molar refractivity (Wildman–Crippen MR) is 162 cm³/mol. The van der Waals surface area contributed by atoms with Crippen molar-refractivity contribution in [3.8, 4) is 23.0 Å². The third-order valence-corrected chi connectivity index (χ3v) is 7.63. The monoisotopic (exact) mass is 586 g/mol. The van der Waals surface area contributed by atoms with Crippen LogP contribution in [0.15, 0.2) is 78.9 Å². The molecule has 0 aliphatic carbocycles. The number of hydrogen-bond acceptors (Lipinski definition) is 9. The predicted octanol–water partition coefficient (Wildman–Crippen LogP) is 6.29. The lowest BCUT2D eigenvalue weighted by Crippen LogP contribution is -2.29. The molecule has 1 atom stereocenters. The van der Waals surface area contributed by atoms with Gasteiger partial charge in [-0.3, -0.25) is 14.5 Å². The van der Waals surface area contributed by atoms with E-state index in [1.54, 1.807) is 67.8 Å². The number of nitrogens with zero attached hydrogens (tertiary/aromatic N) is 2. The highest BCUT2D eigenvalue weighted by Gasteiger charge is 2.48. The lowest BCUT2D eigenvalue weighted by molar-refractivity contribution is -0.132. The van der Waals surface area contributed by atoms with Gasteiger partial charge < -0.3 is 24.1 Å². The van der Waals surface area contributed by atoms with Crippen molar-refractivity contribution in [1.82, 2.24) is 4.98 Å². The van der Waals surface area contributed by atoms with Crippen LogP contribution in [-0.4, -0.2) is 48.7 Å². The highest BCUT2D eigenvalue weighted by molar-refractivity contribution is 7.22. The minimum absolute atomic E-state index is 0.0665. The van der Waals surface area contributed by atoms with Crippen molar-refractivity contribution in [3.05, 3.63) is 90.0 Å². The molecule has 0 saturated carbocycles. The number of Topliss-reactive ketones (excluding diaryl/α,β-unsaturated/α-hetero) is 1. The molecule has 1 amide bonds. The Kier molecular flexibility index (Phi) is 8.44. The van der Waals surface area contributed by atoms with E-state index in [2.05, 4.69) is 11.6 Å². The number of rotatable bonds is 11. The summed E-state index contributed by atoms with van der Waals surface area (Å²) in [5.41, 5.74) is 1.48. The summed E-state index contributed by atoms with van der Waals surface area (Å²) in [7, 11) is 1.57. The molecule has 0 radical (unpaired) electrons. The summed E-state index contributed by atoms with van der Waals surface area (Å²) in [6, 6.07) is 16.3. The number of hydrogen-bond donors (Lipinski definition) is 1. The molecule has 1 aliphatic rings. The number of methoxy groups -OCH3 is 1. The van der Waals surface area contributed by atoms with Gasteiger partial charge in [-0.05, 0) is 74.0 Å². The van der Waals surface area contributed by atoms with Crippen LogP contribution in [-0.2, 0) is 9.59 Å². The van der Waals surface area contributed by atoms with Crippen LogP contribution in [0.3, 0.4) is 0 Å². The van der Waals surface area contributed by atoms with E-state index in [9.17, 15) is 14.7 Å². The first-order chi connectivity index (χ1) is 20.4. The van der Waals surface area contributed by atoms with Crippen LogP contribution in [0.5, 0.6) is 23.0 Å². The molecular weight excluding hydrogens is 556 g/mol. The zero-order valence-electron chi connectivity index (χ0n) is 23.5. The van der Waals surface area contributed by atoms with Crippen molar-refractivity contribution in [2.75, 3.05) is 31.8 Å². The fourth-order valence-corrected chi connectivity index (χ4v) is 5.75. The summed E-state index contributed by atoms with van der Waals surface area (Å²) in [5, 5.41) is 11.8. The maximum Gasteiger partial charge on any atom is 0.301 e. The van der Waals surface area contributed by atoms with Crippen LogP contribution in [0.25, 0.3) is 16.0 Å². The molecule has 9 nitrogen and oxygen atoms in total. The third kappa shape index (κ3) is 5.40. The van der Waals surface area contributed by atoms with Gasteiger partial charge in [0.1, 0.15) is 23.9 Å². The molecule has 10 heteroatoms. The van der Waals surface area contributed by atoms with Crippen molar-refractivity contribution >= 4 is 44.1 Å². The summed E-state index contributed by atoms with van der Waals surface area (Å²) >= 11 is 1.25. The molecule has 2 heterocycles. The molecule has 1 saturated heterocycles. The SMILES string of the molecule is C=CCOc1ccc(C2C(=C(O)c3ccc(OCC)cc3)C(=O)C(=O)N2c2nc3ccc(OC)cc3s2)cc1OCC. The Labute approximate surface area is 247 Å². The Balaban J connectivity index is 1.69. The van der Waals surface area contributed by atoms with Crippen molar-refractivity contribution < 1.29 is 33.6 Å². The fraction of sp³-hybridized carbons (Fsp3) is 0.219. The summed E-state index contributed by atoms with van der Waals surface area (Å²) in [5.74, 6) is 0.234. The second-order valence-electron chi connectivity index (χ2n) is 9.20. The topological polar surface area (TPSA) is 107 Å². The minimum Gasteiger partial charge on any atom is -0.507 e. The largest absolute Gasteiger partial charge is 0.507 e. The number of ether oxygens (including phenoxy) is 4. The van der Waals surface area contributed by atoms with Gasteiger partial charge in [0.15, 0.2) is 16.6 Å². The molecule has 1 aromatic heterocycles. The summed E-state index contributed by atoms with van der Waals surface area (Å²) in [6.07, 6.45) is 1.62. The smallest absolute Gasteiger partial charge is 0.301 e. The third-order valence-electron chi connectivity index (χ3n) is 6.61. The van der Waals surface area contributed by atoms with Gasteiger partial charge in [-0.15, -0.1) is 0 Å². The molecule has 1 N–H and O–H groups in total. The van der Waals surface area contributed by atoms with Gasteiger partial charge in [0, 0.05) is 5.56 Å². The van der Waals surface area contributed by atoms with E-state index in [0.717, 1.165) is 4.70 Å². The first kappa shape index (κ1) is 28.7. The number of ketones is 1. The molecule has 5 rings (SSSR count). The first-order valence-corrected chi connectivity index (χ1v) is 14.2. The van der Waals surface area contributed by atoms with E-state index in [1.807, 2.05) is 19.9 Å². The molecule has 0 spiro atoms. The van der Waals surface area contributed by atoms with Crippen LogP contribution < -0.4 is 23.8 Å². The Morgan fingerprint density at radius 1 is 0.976 bits per heavy atom. The molecule has 4 aromatic rings. The fourth-order valence-electron chi connectivity index (χ4n) is 4.73. The van der Waals surface area contributed by atoms with Crippen LogP contribution >= 0.6 is 11.3 Å². The molecule has 1 unspecified atom stereocenters. The van der Waals surface area contributed by atoms with Crippen molar-refractivity contribution in [3.63, 3.8) is 0 Å². The van der Waals surface area contributed by atoms with Gasteiger partial charge in [-0.25, -0.2) is 4.98 Å². The van der Waals surface area contributed by atoms with E-state index in [4.69, 9.17) is 18.9 Å². The number of fused-ring (bicyclic) bond motifs is 1. The Hall–Kier alpha value is -4.83. The van der Waals surface area contributed by atoms with Gasteiger partial charge in [-0.1, -0.05) is 30.1 Å². The average Bonchev–Trinajstić information content (AvgIpc) is 3.54. The zero-order chi connectivity index (χ0) is 29.8. The van der Waals surface area contributed by atoms with Crippen LogP contribution in [0.2, 0.25) is 0 Å². The minimum atomic E-state index is -0.994. The van der Waals surface area contributed by atoms with Crippen LogP contribution in [0.4, 0.5) is 5.13 Å². The van der Waals surface area contributed by atoms with E-state index >= 15 is 0 Å². The maximum absolute atomic E-state index is 13.7. The maximum atomic E-state index is 13.7. The second-order valence-corrected chi connectivity index (χ2v) is 10.2. The Morgan fingerprint density at radius 2 is 1.71 bits per heavy atom.